The van der Waals surface area contributed by atoms with Gasteiger partial charge < -0.3 is 15.6 Å². The Balaban J connectivity index is 1.54. The minimum atomic E-state index is 0.370. The highest BCUT2D eigenvalue weighted by Crippen LogP contribution is 2.29. The molecular formula is C22H22N6. The number of hydrogen-bond acceptors (Lipinski definition) is 5. The van der Waals surface area contributed by atoms with Crippen LogP contribution in [0, 0.1) is 0 Å². The van der Waals surface area contributed by atoms with Crippen molar-refractivity contribution >= 4 is 22.5 Å². The number of hydrogen-bond donors (Lipinski definition) is 2. The maximum atomic E-state index is 6.13. The largest absolute Gasteiger partial charge is 0.382 e. The molecule has 1 saturated heterocycles. The number of piperidine rings is 1. The molecule has 0 spiro atoms. The summed E-state index contributed by atoms with van der Waals surface area (Å²) in [6.45, 7) is 2.22. The van der Waals surface area contributed by atoms with Gasteiger partial charge in [-0.3, -0.25) is 0 Å². The third kappa shape index (κ3) is 3.07. The van der Waals surface area contributed by atoms with E-state index in [-0.39, 0.29) is 0 Å². The Labute approximate surface area is 163 Å². The van der Waals surface area contributed by atoms with Crippen molar-refractivity contribution in [3.05, 3.63) is 54.7 Å². The molecule has 28 heavy (non-hydrogen) atoms. The molecule has 0 unspecified atom stereocenters. The molecule has 3 heterocycles. The number of aromatic nitrogens is 4. The van der Waals surface area contributed by atoms with Gasteiger partial charge in [-0.05, 0) is 43.5 Å². The minimum Gasteiger partial charge on any atom is -0.382 e. The Hall–Kier alpha value is -3.41. The number of fused-ring (bicyclic) bond motifs is 1. The average molecular weight is 370 g/mol. The summed E-state index contributed by atoms with van der Waals surface area (Å²) in [4.78, 5) is 19.5. The Kier molecular flexibility index (Phi) is 4.16. The third-order valence-corrected chi connectivity index (χ3v) is 5.28. The minimum absolute atomic E-state index is 0.370. The van der Waals surface area contributed by atoms with Gasteiger partial charge in [0.2, 0.25) is 0 Å². The molecule has 6 nitrogen and oxygen atoms in total. The van der Waals surface area contributed by atoms with E-state index in [0.29, 0.717) is 17.3 Å². The highest BCUT2D eigenvalue weighted by molar-refractivity contribution is 5.81. The van der Waals surface area contributed by atoms with Crippen molar-refractivity contribution in [1.29, 1.82) is 0 Å². The van der Waals surface area contributed by atoms with Crippen LogP contribution in [-0.4, -0.2) is 33.0 Å². The molecular weight excluding hydrogens is 348 g/mol. The van der Waals surface area contributed by atoms with Gasteiger partial charge >= 0.3 is 0 Å². The van der Waals surface area contributed by atoms with Crippen LogP contribution in [0.1, 0.15) is 19.3 Å². The summed E-state index contributed by atoms with van der Waals surface area (Å²) in [5, 5.41) is 0. The Morgan fingerprint density at radius 3 is 2.64 bits per heavy atom. The number of para-hydroxylation sites is 2. The van der Waals surface area contributed by atoms with Crippen LogP contribution in [0.15, 0.2) is 54.7 Å². The van der Waals surface area contributed by atoms with Gasteiger partial charge in [-0.25, -0.2) is 15.0 Å². The number of nitrogens with one attached hydrogen (secondary N) is 1. The van der Waals surface area contributed by atoms with Crippen LogP contribution in [0.5, 0.6) is 0 Å². The summed E-state index contributed by atoms with van der Waals surface area (Å²) < 4.78 is 0. The highest BCUT2D eigenvalue weighted by atomic mass is 15.1. The molecule has 0 bridgehead atoms. The van der Waals surface area contributed by atoms with E-state index >= 15 is 0 Å². The lowest BCUT2D eigenvalue weighted by Gasteiger charge is -2.29. The monoisotopic (exact) mass is 370 g/mol. The number of anilines is 2. The molecule has 0 saturated carbocycles. The molecule has 3 N–H and O–H groups in total. The van der Waals surface area contributed by atoms with E-state index in [1.807, 2.05) is 24.3 Å². The van der Waals surface area contributed by atoms with Gasteiger partial charge in [0.1, 0.15) is 5.69 Å². The zero-order valence-corrected chi connectivity index (χ0v) is 15.6. The normalized spacial score (nSPS) is 14.5. The topological polar surface area (TPSA) is 83.7 Å². The van der Waals surface area contributed by atoms with Gasteiger partial charge in [-0.15, -0.1) is 0 Å². The molecule has 2 aromatic heterocycles. The van der Waals surface area contributed by atoms with E-state index in [1.54, 1.807) is 6.20 Å². The first kappa shape index (κ1) is 16.7. The molecule has 0 amide bonds. The lowest BCUT2D eigenvalue weighted by atomic mass is 10.1. The molecule has 1 aliphatic rings. The molecule has 1 aliphatic heterocycles. The first-order valence-corrected chi connectivity index (χ1v) is 9.71. The summed E-state index contributed by atoms with van der Waals surface area (Å²) in [6, 6.07) is 16.4. The van der Waals surface area contributed by atoms with Gasteiger partial charge in [0.05, 0.1) is 22.9 Å². The van der Waals surface area contributed by atoms with Crippen molar-refractivity contribution in [2.24, 2.45) is 0 Å². The number of benzene rings is 2. The van der Waals surface area contributed by atoms with Crippen molar-refractivity contribution < 1.29 is 0 Å². The molecule has 0 radical (unpaired) electrons. The summed E-state index contributed by atoms with van der Waals surface area (Å²) in [5.74, 6) is 1.01. The molecule has 6 heteroatoms. The lowest BCUT2D eigenvalue weighted by molar-refractivity contribution is 0.578. The fourth-order valence-electron chi connectivity index (χ4n) is 3.79. The summed E-state index contributed by atoms with van der Waals surface area (Å²) in [6.07, 6.45) is 5.56. The predicted molar refractivity (Wildman–Crippen MR) is 113 cm³/mol. The average Bonchev–Trinajstić information content (AvgIpc) is 3.19. The zero-order valence-electron chi connectivity index (χ0n) is 15.6. The number of nitrogens with zero attached hydrogens (tertiary/aromatic N) is 4. The van der Waals surface area contributed by atoms with Crippen LogP contribution in [0.4, 0.5) is 11.5 Å². The van der Waals surface area contributed by atoms with Crippen molar-refractivity contribution in [3.63, 3.8) is 0 Å². The molecule has 0 atom stereocenters. The van der Waals surface area contributed by atoms with Crippen molar-refractivity contribution in [1.82, 2.24) is 19.9 Å². The van der Waals surface area contributed by atoms with Gasteiger partial charge in [-0.1, -0.05) is 24.3 Å². The zero-order chi connectivity index (χ0) is 18.9. The van der Waals surface area contributed by atoms with Crippen LogP contribution in [0.25, 0.3) is 33.8 Å². The Morgan fingerprint density at radius 2 is 1.79 bits per heavy atom. The van der Waals surface area contributed by atoms with E-state index < -0.39 is 0 Å². The summed E-state index contributed by atoms with van der Waals surface area (Å²) in [7, 11) is 0. The van der Waals surface area contributed by atoms with Crippen molar-refractivity contribution in [2.45, 2.75) is 19.3 Å². The van der Waals surface area contributed by atoms with Crippen LogP contribution in [-0.2, 0) is 0 Å². The van der Waals surface area contributed by atoms with Crippen molar-refractivity contribution in [2.75, 3.05) is 23.7 Å². The molecule has 5 rings (SSSR count). The van der Waals surface area contributed by atoms with E-state index in [9.17, 15) is 0 Å². The van der Waals surface area contributed by atoms with Crippen LogP contribution >= 0.6 is 0 Å². The second-order valence-electron chi connectivity index (χ2n) is 7.19. The number of nitrogens with two attached hydrogens (primary N) is 1. The number of nitrogen functional groups attached to an aromatic ring is 1. The molecule has 2 aromatic carbocycles. The summed E-state index contributed by atoms with van der Waals surface area (Å²) in [5.41, 5.74) is 11.6. The van der Waals surface area contributed by atoms with Gasteiger partial charge in [0.25, 0.3) is 0 Å². The molecule has 0 aliphatic carbocycles. The second kappa shape index (κ2) is 6.96. The maximum absolute atomic E-state index is 6.13. The fraction of sp³-hybridized carbons (Fsp3) is 0.227. The first-order chi connectivity index (χ1) is 13.8. The highest BCUT2D eigenvalue weighted by Gasteiger charge is 2.15. The predicted octanol–water partition coefficient (Wildman–Crippen LogP) is 4.26. The SMILES string of the molecule is Nc1ncc(-c2cccc(N3CCCCC3)c2)nc1-c1nc2ccccc2[nH]1. The number of aromatic amines is 1. The number of imidazole rings is 1. The van der Waals surface area contributed by atoms with Crippen molar-refractivity contribution in [3.8, 4) is 22.8 Å². The first-order valence-electron chi connectivity index (χ1n) is 9.71. The van der Waals surface area contributed by atoms with Gasteiger partial charge in [-0.2, -0.15) is 0 Å². The quantitative estimate of drug-likeness (QED) is 0.563. The van der Waals surface area contributed by atoms with Crippen LogP contribution < -0.4 is 10.6 Å². The standard InChI is InChI=1S/C22H22N6/c23-21-20(22-26-17-9-2-3-10-18(17)27-22)25-19(14-24-21)15-7-6-8-16(13-15)28-11-4-1-5-12-28/h2-3,6-10,13-14H,1,4-5,11-12H2,(H2,23,24)(H,26,27). The van der Waals surface area contributed by atoms with E-state index in [0.717, 1.165) is 35.4 Å². The smallest absolute Gasteiger partial charge is 0.161 e. The maximum Gasteiger partial charge on any atom is 0.161 e. The third-order valence-electron chi connectivity index (χ3n) is 5.28. The molecule has 1 fully saturated rings. The summed E-state index contributed by atoms with van der Waals surface area (Å²) >= 11 is 0. The van der Waals surface area contributed by atoms with Gasteiger partial charge in [0.15, 0.2) is 11.6 Å². The van der Waals surface area contributed by atoms with Gasteiger partial charge in [0, 0.05) is 24.3 Å². The molecule has 4 aromatic rings. The Bertz CT molecular complexity index is 1090. The number of H-pyrrole nitrogens is 1. The second-order valence-corrected chi connectivity index (χ2v) is 7.19. The molecule has 140 valence electrons. The number of rotatable bonds is 3. The van der Waals surface area contributed by atoms with Crippen LogP contribution in [0.3, 0.4) is 0 Å². The van der Waals surface area contributed by atoms with E-state index in [2.05, 4.69) is 44.1 Å². The van der Waals surface area contributed by atoms with Crippen LogP contribution in [0.2, 0.25) is 0 Å². The lowest BCUT2D eigenvalue weighted by Crippen LogP contribution is -2.29. The fourth-order valence-corrected chi connectivity index (χ4v) is 3.79. The van der Waals surface area contributed by atoms with E-state index in [4.69, 9.17) is 10.7 Å². The van der Waals surface area contributed by atoms with E-state index in [1.165, 1.54) is 24.9 Å². The Morgan fingerprint density at radius 1 is 0.929 bits per heavy atom.